The highest BCUT2D eigenvalue weighted by atomic mass is 127. The summed E-state index contributed by atoms with van der Waals surface area (Å²) in [6, 6.07) is 9.11. The molecule has 2 N–H and O–H groups in total. The largest absolute Gasteiger partial charge is 0.326 e. The van der Waals surface area contributed by atoms with Crippen molar-refractivity contribution < 1.29 is 0 Å². The molecule has 1 saturated heterocycles. The summed E-state index contributed by atoms with van der Waals surface area (Å²) in [7, 11) is 0. The molecule has 0 aromatic heterocycles. The van der Waals surface area contributed by atoms with E-state index in [1.54, 1.807) is 0 Å². The first-order chi connectivity index (χ1) is 6.74. The zero-order valence-electron chi connectivity index (χ0n) is 8.12. The molecule has 3 heteroatoms. The lowest BCUT2D eigenvalue weighted by Gasteiger charge is -2.14. The van der Waals surface area contributed by atoms with Crippen LogP contribution in [0.1, 0.15) is 12.0 Å². The molecule has 0 radical (unpaired) electrons. The van der Waals surface area contributed by atoms with Gasteiger partial charge in [0.2, 0.25) is 0 Å². The second-order valence-corrected chi connectivity index (χ2v) is 5.16. The molecule has 0 amide bonds. The van der Waals surface area contributed by atoms with E-state index in [2.05, 4.69) is 51.8 Å². The molecule has 0 bridgehead atoms. The van der Waals surface area contributed by atoms with Crippen molar-refractivity contribution in [1.82, 2.24) is 4.90 Å². The van der Waals surface area contributed by atoms with Gasteiger partial charge in [0.1, 0.15) is 0 Å². The lowest BCUT2D eigenvalue weighted by molar-refractivity contribution is 0.327. The summed E-state index contributed by atoms with van der Waals surface area (Å²) >= 11 is 2.33. The zero-order valence-corrected chi connectivity index (χ0v) is 10.3. The normalized spacial score (nSPS) is 22.9. The minimum absolute atomic E-state index is 0.388. The van der Waals surface area contributed by atoms with Crippen LogP contribution in [0.2, 0.25) is 0 Å². The van der Waals surface area contributed by atoms with Crippen LogP contribution in [0.25, 0.3) is 0 Å². The van der Waals surface area contributed by atoms with Crippen molar-refractivity contribution in [2.24, 2.45) is 5.73 Å². The van der Waals surface area contributed by atoms with Gasteiger partial charge in [-0.2, -0.15) is 0 Å². The average molecular weight is 302 g/mol. The van der Waals surface area contributed by atoms with Crippen LogP contribution in [0.15, 0.2) is 24.3 Å². The number of hydrogen-bond acceptors (Lipinski definition) is 2. The van der Waals surface area contributed by atoms with Gasteiger partial charge in [0.25, 0.3) is 0 Å². The predicted octanol–water partition coefficient (Wildman–Crippen LogP) is 1.82. The van der Waals surface area contributed by atoms with E-state index in [4.69, 9.17) is 5.73 Å². The molecule has 1 fully saturated rings. The van der Waals surface area contributed by atoms with Gasteiger partial charge in [0.15, 0.2) is 0 Å². The van der Waals surface area contributed by atoms with Crippen LogP contribution in [0.3, 0.4) is 0 Å². The lowest BCUT2D eigenvalue weighted by Crippen LogP contribution is -2.26. The third kappa shape index (κ3) is 2.68. The fourth-order valence-corrected chi connectivity index (χ4v) is 2.21. The molecule has 0 aliphatic carbocycles. The first-order valence-electron chi connectivity index (χ1n) is 4.96. The molecule has 76 valence electrons. The second kappa shape index (κ2) is 4.59. The number of rotatable bonds is 2. The maximum Gasteiger partial charge on any atom is 0.0234 e. The van der Waals surface area contributed by atoms with E-state index in [1.807, 2.05) is 0 Å². The van der Waals surface area contributed by atoms with Crippen molar-refractivity contribution in [3.8, 4) is 0 Å². The Labute approximate surface area is 98.6 Å². The number of benzene rings is 1. The highest BCUT2D eigenvalue weighted by molar-refractivity contribution is 14.1. The number of nitrogens with zero attached hydrogens (tertiary/aromatic N) is 1. The van der Waals surface area contributed by atoms with Gasteiger partial charge in [-0.05, 0) is 46.7 Å². The van der Waals surface area contributed by atoms with E-state index in [-0.39, 0.29) is 0 Å². The van der Waals surface area contributed by atoms with Crippen LogP contribution in [-0.4, -0.2) is 24.0 Å². The molecular weight excluding hydrogens is 287 g/mol. The van der Waals surface area contributed by atoms with Crippen molar-refractivity contribution in [3.05, 3.63) is 33.4 Å². The molecule has 1 aliphatic heterocycles. The van der Waals surface area contributed by atoms with Crippen LogP contribution in [0.4, 0.5) is 0 Å². The highest BCUT2D eigenvalue weighted by Crippen LogP contribution is 2.13. The van der Waals surface area contributed by atoms with E-state index < -0.39 is 0 Å². The number of hydrogen-bond donors (Lipinski definition) is 1. The zero-order chi connectivity index (χ0) is 9.97. The van der Waals surface area contributed by atoms with Gasteiger partial charge >= 0.3 is 0 Å². The van der Waals surface area contributed by atoms with Gasteiger partial charge in [0, 0.05) is 29.2 Å². The van der Waals surface area contributed by atoms with Gasteiger partial charge in [-0.1, -0.05) is 12.1 Å². The number of likely N-dealkylation sites (tertiary alicyclic amines) is 1. The number of nitrogens with two attached hydrogens (primary N) is 1. The monoisotopic (exact) mass is 302 g/mol. The molecule has 0 saturated carbocycles. The van der Waals surface area contributed by atoms with Crippen LogP contribution in [0, 0.1) is 3.57 Å². The predicted molar refractivity (Wildman–Crippen MR) is 67.0 cm³/mol. The van der Waals surface area contributed by atoms with Crippen molar-refractivity contribution >= 4 is 22.6 Å². The Bertz CT molecular complexity index is 297. The molecule has 14 heavy (non-hydrogen) atoms. The van der Waals surface area contributed by atoms with Crippen LogP contribution < -0.4 is 5.73 Å². The third-order valence-corrected chi connectivity index (χ3v) is 3.35. The van der Waals surface area contributed by atoms with Crippen molar-refractivity contribution in [3.63, 3.8) is 0 Å². The Hall–Kier alpha value is -0.130. The van der Waals surface area contributed by atoms with Crippen LogP contribution >= 0.6 is 22.6 Å². The summed E-state index contributed by atoms with van der Waals surface area (Å²) in [4.78, 5) is 2.42. The van der Waals surface area contributed by atoms with Crippen LogP contribution in [0.5, 0.6) is 0 Å². The summed E-state index contributed by atoms with van der Waals surface area (Å²) in [5, 5.41) is 0. The van der Waals surface area contributed by atoms with Gasteiger partial charge in [-0.25, -0.2) is 0 Å². The molecule has 1 aromatic rings. The molecule has 2 nitrogen and oxygen atoms in total. The highest BCUT2D eigenvalue weighted by Gasteiger charge is 2.18. The summed E-state index contributed by atoms with van der Waals surface area (Å²) in [6.45, 7) is 3.24. The van der Waals surface area contributed by atoms with Gasteiger partial charge in [0.05, 0.1) is 0 Å². The number of halogens is 1. The van der Waals surface area contributed by atoms with E-state index >= 15 is 0 Å². The summed E-state index contributed by atoms with van der Waals surface area (Å²) in [5.41, 5.74) is 7.25. The van der Waals surface area contributed by atoms with Crippen molar-refractivity contribution in [2.75, 3.05) is 13.1 Å². The molecule has 2 rings (SSSR count). The quantitative estimate of drug-likeness (QED) is 0.845. The minimum atomic E-state index is 0.388. The van der Waals surface area contributed by atoms with E-state index in [9.17, 15) is 0 Å². The standard InChI is InChI=1S/C11H15IN2/c12-10-3-1-9(2-4-10)7-14-6-5-11(13)8-14/h1-4,11H,5-8,13H2/t11-/m1/s1. The van der Waals surface area contributed by atoms with E-state index in [0.717, 1.165) is 26.1 Å². The van der Waals surface area contributed by atoms with Gasteiger partial charge in [-0.3, -0.25) is 4.90 Å². The summed E-state index contributed by atoms with van der Waals surface area (Å²) in [5.74, 6) is 0. The Morgan fingerprint density at radius 3 is 2.64 bits per heavy atom. The molecule has 1 aliphatic rings. The Kier molecular flexibility index (Phi) is 3.41. The lowest BCUT2D eigenvalue weighted by atomic mass is 10.2. The van der Waals surface area contributed by atoms with E-state index in [1.165, 1.54) is 9.13 Å². The third-order valence-electron chi connectivity index (χ3n) is 2.63. The molecule has 1 heterocycles. The Morgan fingerprint density at radius 1 is 1.36 bits per heavy atom. The van der Waals surface area contributed by atoms with Crippen molar-refractivity contribution in [1.29, 1.82) is 0 Å². The molecule has 0 unspecified atom stereocenters. The summed E-state index contributed by atoms with van der Waals surface area (Å²) < 4.78 is 1.30. The Balaban J connectivity index is 1.94. The van der Waals surface area contributed by atoms with Crippen molar-refractivity contribution in [2.45, 2.75) is 19.0 Å². The van der Waals surface area contributed by atoms with E-state index in [0.29, 0.717) is 6.04 Å². The van der Waals surface area contributed by atoms with Gasteiger partial charge in [-0.15, -0.1) is 0 Å². The second-order valence-electron chi connectivity index (χ2n) is 3.91. The fraction of sp³-hybridized carbons (Fsp3) is 0.455. The maximum absolute atomic E-state index is 5.86. The molecule has 1 aromatic carbocycles. The first-order valence-corrected chi connectivity index (χ1v) is 6.04. The molecule has 1 atom stereocenters. The Morgan fingerprint density at radius 2 is 2.07 bits per heavy atom. The topological polar surface area (TPSA) is 29.3 Å². The molecular formula is C11H15IN2. The van der Waals surface area contributed by atoms with Crippen LogP contribution in [-0.2, 0) is 6.54 Å². The summed E-state index contributed by atoms with van der Waals surface area (Å²) in [6.07, 6.45) is 1.14. The first kappa shape index (κ1) is 10.4. The fourth-order valence-electron chi connectivity index (χ4n) is 1.85. The minimum Gasteiger partial charge on any atom is -0.326 e. The molecule has 0 spiro atoms. The SMILES string of the molecule is N[C@@H]1CCN(Cc2ccc(I)cc2)C1. The smallest absolute Gasteiger partial charge is 0.0234 e. The maximum atomic E-state index is 5.86. The average Bonchev–Trinajstić information content (AvgIpc) is 2.56. The van der Waals surface area contributed by atoms with Gasteiger partial charge < -0.3 is 5.73 Å².